The fraction of sp³-hybridized carbons (Fsp3) is 0.625. The maximum absolute atomic E-state index is 9.49. The van der Waals surface area contributed by atoms with Crippen LogP contribution in [0.15, 0.2) is 12.1 Å². The van der Waals surface area contributed by atoms with Crippen LogP contribution in [0.4, 0.5) is 0 Å². The van der Waals surface area contributed by atoms with Crippen LogP contribution in [-0.4, -0.2) is 43.2 Å². The average Bonchev–Trinajstić information content (AvgIpc) is 2.50. The van der Waals surface area contributed by atoms with Crippen LogP contribution in [0.1, 0.15) is 31.0 Å². The van der Waals surface area contributed by atoms with Crippen molar-refractivity contribution < 1.29 is 19.7 Å². The van der Waals surface area contributed by atoms with E-state index in [0.29, 0.717) is 13.2 Å². The van der Waals surface area contributed by atoms with E-state index in [1.807, 2.05) is 26.0 Å². The zero-order chi connectivity index (χ0) is 15.2. The molecule has 0 saturated carbocycles. The molecule has 0 radical (unpaired) electrons. The molecule has 0 aromatic heterocycles. The average molecular weight is 295 g/mol. The van der Waals surface area contributed by atoms with Gasteiger partial charge in [-0.25, -0.2) is 0 Å². The van der Waals surface area contributed by atoms with Crippen molar-refractivity contribution in [3.05, 3.63) is 23.3 Å². The van der Waals surface area contributed by atoms with Gasteiger partial charge >= 0.3 is 0 Å². The molecule has 21 heavy (non-hydrogen) atoms. The van der Waals surface area contributed by atoms with E-state index in [1.54, 1.807) is 0 Å². The van der Waals surface area contributed by atoms with Gasteiger partial charge in [0.1, 0.15) is 11.5 Å². The smallest absolute Gasteiger partial charge is 0.126 e. The van der Waals surface area contributed by atoms with Gasteiger partial charge in [-0.1, -0.05) is 0 Å². The molecule has 1 atom stereocenters. The summed E-state index contributed by atoms with van der Waals surface area (Å²) in [5.74, 6) is 1.39. The summed E-state index contributed by atoms with van der Waals surface area (Å²) in [7, 11) is 0. The van der Waals surface area contributed by atoms with E-state index in [4.69, 9.17) is 9.47 Å². The Kier molecular flexibility index (Phi) is 5.85. The summed E-state index contributed by atoms with van der Waals surface area (Å²) in [5.41, 5.74) is 2.21. The zero-order valence-corrected chi connectivity index (χ0v) is 12.8. The molecule has 5 heteroatoms. The first-order valence-electron chi connectivity index (χ1n) is 7.62. The fourth-order valence-electron chi connectivity index (χ4n) is 2.87. The van der Waals surface area contributed by atoms with Gasteiger partial charge in [0.05, 0.1) is 13.2 Å². The van der Waals surface area contributed by atoms with Gasteiger partial charge in [0.25, 0.3) is 0 Å². The van der Waals surface area contributed by atoms with Crippen LogP contribution in [0.3, 0.4) is 0 Å². The van der Waals surface area contributed by atoms with Crippen molar-refractivity contribution in [2.75, 3.05) is 33.0 Å². The largest absolute Gasteiger partial charge is 0.494 e. The van der Waals surface area contributed by atoms with E-state index in [0.717, 1.165) is 35.6 Å². The quantitative estimate of drug-likeness (QED) is 0.707. The summed E-state index contributed by atoms with van der Waals surface area (Å²) in [6.07, 6.45) is 0.872. The molecular formula is C16H25NO4. The molecule has 0 fully saturated rings. The van der Waals surface area contributed by atoms with Gasteiger partial charge in [-0.05, 0) is 38.4 Å². The lowest BCUT2D eigenvalue weighted by atomic mass is 9.86. The van der Waals surface area contributed by atoms with E-state index in [2.05, 4.69) is 5.32 Å². The Hall–Kier alpha value is -1.30. The van der Waals surface area contributed by atoms with Crippen molar-refractivity contribution in [2.45, 2.75) is 26.3 Å². The summed E-state index contributed by atoms with van der Waals surface area (Å²) in [5, 5.41) is 22.4. The molecule has 1 aromatic rings. The van der Waals surface area contributed by atoms with Crippen molar-refractivity contribution in [1.82, 2.24) is 5.32 Å². The molecule has 2 rings (SSSR count). The lowest BCUT2D eigenvalue weighted by Gasteiger charge is -2.33. The molecule has 0 amide bonds. The topological polar surface area (TPSA) is 71.0 Å². The predicted molar refractivity (Wildman–Crippen MR) is 80.9 cm³/mol. The van der Waals surface area contributed by atoms with Gasteiger partial charge in [0, 0.05) is 36.8 Å². The van der Waals surface area contributed by atoms with Crippen LogP contribution in [0, 0.1) is 5.92 Å². The van der Waals surface area contributed by atoms with Gasteiger partial charge < -0.3 is 25.0 Å². The molecular weight excluding hydrogens is 270 g/mol. The van der Waals surface area contributed by atoms with Gasteiger partial charge in [-0.3, -0.25) is 0 Å². The van der Waals surface area contributed by atoms with Gasteiger partial charge in [-0.15, -0.1) is 0 Å². The highest BCUT2D eigenvalue weighted by atomic mass is 16.5. The molecule has 1 unspecified atom stereocenters. The van der Waals surface area contributed by atoms with E-state index in [9.17, 15) is 10.2 Å². The first-order valence-corrected chi connectivity index (χ1v) is 7.62. The first-order chi connectivity index (χ1) is 10.2. The molecule has 3 N–H and O–H groups in total. The third-order valence-corrected chi connectivity index (χ3v) is 3.84. The number of ether oxygens (including phenoxy) is 2. The lowest BCUT2D eigenvalue weighted by Crippen LogP contribution is -2.38. The van der Waals surface area contributed by atoms with E-state index >= 15 is 0 Å². The Morgan fingerprint density at radius 3 is 2.52 bits per heavy atom. The molecule has 1 heterocycles. The maximum Gasteiger partial charge on any atom is 0.126 e. The Labute approximate surface area is 125 Å². The molecule has 0 spiro atoms. The highest BCUT2D eigenvalue weighted by molar-refractivity contribution is 5.49. The monoisotopic (exact) mass is 295 g/mol. The third kappa shape index (κ3) is 3.48. The minimum Gasteiger partial charge on any atom is -0.494 e. The molecule has 0 aliphatic carbocycles. The zero-order valence-electron chi connectivity index (χ0n) is 12.8. The molecule has 5 nitrogen and oxygen atoms in total. The van der Waals surface area contributed by atoms with E-state index in [-0.39, 0.29) is 25.2 Å². The maximum atomic E-state index is 9.49. The second-order valence-corrected chi connectivity index (χ2v) is 5.16. The summed E-state index contributed by atoms with van der Waals surface area (Å²) < 4.78 is 11.4. The Morgan fingerprint density at radius 2 is 1.90 bits per heavy atom. The van der Waals surface area contributed by atoms with E-state index in [1.165, 1.54) is 0 Å². The Bertz CT molecular complexity index is 460. The Morgan fingerprint density at radius 1 is 1.19 bits per heavy atom. The SMILES string of the molecule is CCOc1cc(OCC)c2c(c1)C(C(CO)CO)NCC2. The number of rotatable bonds is 7. The van der Waals surface area contributed by atoms with Crippen LogP contribution >= 0.6 is 0 Å². The predicted octanol–water partition coefficient (Wildman–Crippen LogP) is 1.27. The first kappa shape index (κ1) is 16.1. The molecule has 118 valence electrons. The van der Waals surface area contributed by atoms with Crippen LogP contribution in [-0.2, 0) is 6.42 Å². The molecule has 1 aliphatic heterocycles. The van der Waals surface area contributed by atoms with Crippen LogP contribution in [0.5, 0.6) is 11.5 Å². The lowest BCUT2D eigenvalue weighted by molar-refractivity contribution is 0.117. The van der Waals surface area contributed by atoms with Gasteiger partial charge in [0.15, 0.2) is 0 Å². The van der Waals surface area contributed by atoms with Crippen molar-refractivity contribution >= 4 is 0 Å². The summed E-state index contributed by atoms with van der Waals surface area (Å²) in [6, 6.07) is 3.85. The number of benzene rings is 1. The fourth-order valence-corrected chi connectivity index (χ4v) is 2.87. The number of aliphatic hydroxyl groups is 2. The summed E-state index contributed by atoms with van der Waals surface area (Å²) in [4.78, 5) is 0. The van der Waals surface area contributed by atoms with Crippen LogP contribution in [0.2, 0.25) is 0 Å². The highest BCUT2D eigenvalue weighted by Crippen LogP contribution is 2.37. The molecule has 1 aliphatic rings. The number of nitrogens with one attached hydrogen (secondary N) is 1. The van der Waals surface area contributed by atoms with Crippen molar-refractivity contribution in [1.29, 1.82) is 0 Å². The van der Waals surface area contributed by atoms with Crippen molar-refractivity contribution in [3.8, 4) is 11.5 Å². The standard InChI is InChI=1S/C16H25NO4/c1-3-20-12-7-14-13(15(8-12)21-4-2)5-6-17-16(14)11(9-18)10-19/h7-8,11,16-19H,3-6,9-10H2,1-2H3. The second-order valence-electron chi connectivity index (χ2n) is 5.16. The summed E-state index contributed by atoms with van der Waals surface area (Å²) >= 11 is 0. The highest BCUT2D eigenvalue weighted by Gasteiger charge is 2.29. The number of fused-ring (bicyclic) bond motifs is 1. The summed E-state index contributed by atoms with van der Waals surface area (Å²) in [6.45, 7) is 5.78. The van der Waals surface area contributed by atoms with Gasteiger partial charge in [0.2, 0.25) is 0 Å². The Balaban J connectivity index is 2.44. The number of hydrogen-bond acceptors (Lipinski definition) is 5. The van der Waals surface area contributed by atoms with Gasteiger partial charge in [-0.2, -0.15) is 0 Å². The minimum absolute atomic E-state index is 0.0591. The number of aliphatic hydroxyl groups excluding tert-OH is 2. The van der Waals surface area contributed by atoms with Crippen LogP contribution in [0.25, 0.3) is 0 Å². The normalized spacial score (nSPS) is 17.7. The number of hydrogen-bond donors (Lipinski definition) is 3. The minimum atomic E-state index is -0.226. The van der Waals surface area contributed by atoms with Crippen molar-refractivity contribution in [3.63, 3.8) is 0 Å². The van der Waals surface area contributed by atoms with Crippen molar-refractivity contribution in [2.24, 2.45) is 5.92 Å². The second kappa shape index (κ2) is 7.64. The van der Waals surface area contributed by atoms with E-state index < -0.39 is 0 Å². The van der Waals surface area contributed by atoms with Crippen LogP contribution < -0.4 is 14.8 Å². The third-order valence-electron chi connectivity index (χ3n) is 3.84. The molecule has 1 aromatic carbocycles. The molecule has 0 bridgehead atoms. The molecule has 0 saturated heterocycles.